The summed E-state index contributed by atoms with van der Waals surface area (Å²) in [6, 6.07) is 8.13. The molecular weight excluding hydrogens is 315 g/mol. The van der Waals surface area contributed by atoms with Gasteiger partial charge in [-0.1, -0.05) is 13.0 Å². The van der Waals surface area contributed by atoms with Gasteiger partial charge < -0.3 is 13.7 Å². The van der Waals surface area contributed by atoms with Gasteiger partial charge in [0.1, 0.15) is 5.75 Å². The summed E-state index contributed by atoms with van der Waals surface area (Å²) in [5.41, 5.74) is 6.07. The average molecular weight is 336 g/mol. The van der Waals surface area contributed by atoms with Crippen molar-refractivity contribution in [2.75, 3.05) is 24.5 Å². The summed E-state index contributed by atoms with van der Waals surface area (Å²) in [7, 11) is 0. The van der Waals surface area contributed by atoms with Crippen molar-refractivity contribution in [3.05, 3.63) is 24.3 Å². The van der Waals surface area contributed by atoms with Crippen molar-refractivity contribution in [1.82, 2.24) is 0 Å². The monoisotopic (exact) mass is 336 g/mol. The fourth-order valence-corrected chi connectivity index (χ4v) is 1.59. The van der Waals surface area contributed by atoms with Crippen molar-refractivity contribution in [3.8, 4) is 5.75 Å². The van der Waals surface area contributed by atoms with Crippen LogP contribution in [0.1, 0.15) is 20.8 Å². The number of nitrogens with zero attached hydrogens (tertiary/aromatic N) is 1. The highest BCUT2D eigenvalue weighted by Crippen LogP contribution is 2.21. The maximum absolute atomic E-state index is 5.14. The Bertz CT molecular complexity index is 277. The standard InChI is InChI=1S/C10H14INO.C2H7N/c1-3-12(4-2)9-6-5-7-10(8-9)13-11;1-2-3/h5-8H,3-4H2,1-2H3;2-3H2,1H3. The molecule has 0 aliphatic heterocycles. The molecule has 0 radical (unpaired) electrons. The van der Waals surface area contributed by atoms with Gasteiger partial charge in [-0.25, -0.2) is 0 Å². The Hall–Kier alpha value is -0.490. The van der Waals surface area contributed by atoms with Gasteiger partial charge in [-0.3, -0.25) is 0 Å². The van der Waals surface area contributed by atoms with Crippen molar-refractivity contribution in [1.29, 1.82) is 0 Å². The minimum absolute atomic E-state index is 0.750. The minimum Gasteiger partial charge on any atom is -0.428 e. The fraction of sp³-hybridized carbons (Fsp3) is 0.500. The average Bonchev–Trinajstić information content (AvgIpc) is 2.32. The van der Waals surface area contributed by atoms with E-state index in [0.717, 1.165) is 25.4 Å². The second kappa shape index (κ2) is 9.72. The van der Waals surface area contributed by atoms with Gasteiger partial charge in [0.15, 0.2) is 23.0 Å². The van der Waals surface area contributed by atoms with Gasteiger partial charge in [0.2, 0.25) is 0 Å². The van der Waals surface area contributed by atoms with Crippen LogP contribution in [0.3, 0.4) is 0 Å². The summed E-state index contributed by atoms with van der Waals surface area (Å²) in [4.78, 5) is 2.29. The summed E-state index contributed by atoms with van der Waals surface area (Å²) >= 11 is 1.90. The van der Waals surface area contributed by atoms with Gasteiger partial charge in [-0.05, 0) is 32.5 Å². The quantitative estimate of drug-likeness (QED) is 0.858. The molecule has 3 nitrogen and oxygen atoms in total. The van der Waals surface area contributed by atoms with Crippen LogP contribution >= 0.6 is 23.0 Å². The molecule has 0 bridgehead atoms. The molecule has 0 atom stereocenters. The molecule has 0 saturated carbocycles. The Balaban J connectivity index is 0.000000673. The zero-order valence-corrected chi connectivity index (χ0v) is 12.4. The first kappa shape index (κ1) is 15.5. The summed E-state index contributed by atoms with van der Waals surface area (Å²) in [5.74, 6) is 0.907. The molecule has 16 heavy (non-hydrogen) atoms. The molecule has 0 amide bonds. The first-order valence-corrected chi connectivity index (χ1v) is 6.45. The SMILES string of the molecule is CCN.CCN(CC)c1cccc(OI)c1. The number of halogens is 1. The fourth-order valence-electron chi connectivity index (χ4n) is 1.32. The summed E-state index contributed by atoms with van der Waals surface area (Å²) in [6.07, 6.45) is 0. The number of hydrogen-bond donors (Lipinski definition) is 1. The van der Waals surface area contributed by atoms with Crippen LogP contribution in [0, 0.1) is 0 Å². The van der Waals surface area contributed by atoms with Crippen LogP contribution < -0.4 is 13.7 Å². The molecule has 1 aromatic rings. The zero-order valence-electron chi connectivity index (χ0n) is 10.2. The predicted molar refractivity (Wildman–Crippen MR) is 79.4 cm³/mol. The van der Waals surface area contributed by atoms with E-state index in [-0.39, 0.29) is 0 Å². The Morgan fingerprint density at radius 2 is 1.81 bits per heavy atom. The third-order valence-corrected chi connectivity index (χ3v) is 2.54. The van der Waals surface area contributed by atoms with E-state index in [1.165, 1.54) is 5.69 Å². The third kappa shape index (κ3) is 5.55. The van der Waals surface area contributed by atoms with Crippen LogP contribution in [0.25, 0.3) is 0 Å². The molecule has 1 rings (SSSR count). The Kier molecular flexibility index (Phi) is 9.42. The maximum Gasteiger partial charge on any atom is 0.192 e. The second-order valence-electron chi connectivity index (χ2n) is 3.16. The number of anilines is 1. The first-order chi connectivity index (χ1) is 7.73. The van der Waals surface area contributed by atoms with Gasteiger partial charge >= 0.3 is 0 Å². The maximum atomic E-state index is 5.14. The summed E-state index contributed by atoms with van der Waals surface area (Å²) in [5, 5.41) is 0. The van der Waals surface area contributed by atoms with Crippen molar-refractivity contribution in [3.63, 3.8) is 0 Å². The van der Waals surface area contributed by atoms with Gasteiger partial charge in [-0.2, -0.15) is 0 Å². The lowest BCUT2D eigenvalue weighted by molar-refractivity contribution is 0.715. The van der Waals surface area contributed by atoms with E-state index in [1.807, 2.05) is 42.1 Å². The molecule has 0 heterocycles. The number of benzene rings is 1. The van der Waals surface area contributed by atoms with E-state index in [2.05, 4.69) is 30.9 Å². The lowest BCUT2D eigenvalue weighted by atomic mass is 10.2. The summed E-state index contributed by atoms with van der Waals surface area (Å²) in [6.45, 7) is 9.02. The molecule has 2 N–H and O–H groups in total. The van der Waals surface area contributed by atoms with Crippen molar-refractivity contribution >= 4 is 28.7 Å². The normalized spacial score (nSPS) is 9.06. The molecule has 0 aliphatic rings. The topological polar surface area (TPSA) is 38.5 Å². The molecule has 0 aliphatic carbocycles. The molecule has 92 valence electrons. The number of nitrogens with two attached hydrogens (primary N) is 1. The molecule has 0 aromatic heterocycles. The molecule has 0 saturated heterocycles. The Morgan fingerprint density at radius 3 is 2.25 bits per heavy atom. The van der Waals surface area contributed by atoms with Gasteiger partial charge in [0.25, 0.3) is 0 Å². The Labute approximate surface area is 113 Å². The minimum atomic E-state index is 0.750. The van der Waals surface area contributed by atoms with E-state index < -0.39 is 0 Å². The zero-order chi connectivity index (χ0) is 12.4. The van der Waals surface area contributed by atoms with Gasteiger partial charge in [0, 0.05) is 24.8 Å². The van der Waals surface area contributed by atoms with E-state index in [0.29, 0.717) is 0 Å². The molecule has 4 heteroatoms. The van der Waals surface area contributed by atoms with Crippen molar-refractivity contribution < 1.29 is 3.07 Å². The van der Waals surface area contributed by atoms with Crippen LogP contribution in [-0.4, -0.2) is 19.6 Å². The second-order valence-corrected chi connectivity index (χ2v) is 3.60. The van der Waals surface area contributed by atoms with E-state index in [4.69, 9.17) is 8.80 Å². The van der Waals surface area contributed by atoms with E-state index in [1.54, 1.807) is 0 Å². The van der Waals surface area contributed by atoms with Crippen LogP contribution in [0.15, 0.2) is 24.3 Å². The van der Waals surface area contributed by atoms with Crippen LogP contribution in [0.5, 0.6) is 5.75 Å². The largest absolute Gasteiger partial charge is 0.428 e. The molecule has 0 unspecified atom stereocenters. The van der Waals surface area contributed by atoms with Crippen LogP contribution in [-0.2, 0) is 0 Å². The van der Waals surface area contributed by atoms with Crippen molar-refractivity contribution in [2.45, 2.75) is 20.8 Å². The van der Waals surface area contributed by atoms with Crippen LogP contribution in [0.2, 0.25) is 0 Å². The van der Waals surface area contributed by atoms with Gasteiger partial charge in [-0.15, -0.1) is 0 Å². The lowest BCUT2D eigenvalue weighted by Gasteiger charge is -2.20. The highest BCUT2D eigenvalue weighted by molar-refractivity contribution is 14.1. The molecule has 0 spiro atoms. The third-order valence-electron chi connectivity index (χ3n) is 2.04. The molecular formula is C12H21IN2O. The molecule has 1 aromatic carbocycles. The van der Waals surface area contributed by atoms with E-state index >= 15 is 0 Å². The smallest absolute Gasteiger partial charge is 0.192 e. The summed E-state index contributed by atoms with van der Waals surface area (Å²) < 4.78 is 5.14. The molecule has 0 fully saturated rings. The first-order valence-electron chi connectivity index (χ1n) is 5.57. The number of hydrogen-bond acceptors (Lipinski definition) is 3. The van der Waals surface area contributed by atoms with Gasteiger partial charge in [0.05, 0.1) is 0 Å². The lowest BCUT2D eigenvalue weighted by Crippen LogP contribution is -2.21. The Morgan fingerprint density at radius 1 is 1.25 bits per heavy atom. The van der Waals surface area contributed by atoms with Crippen molar-refractivity contribution in [2.24, 2.45) is 5.73 Å². The van der Waals surface area contributed by atoms with Crippen LogP contribution in [0.4, 0.5) is 5.69 Å². The highest BCUT2D eigenvalue weighted by atomic mass is 127. The van der Waals surface area contributed by atoms with E-state index in [9.17, 15) is 0 Å². The predicted octanol–water partition coefficient (Wildman–Crippen LogP) is 3.23. The number of rotatable bonds is 4. The highest BCUT2D eigenvalue weighted by Gasteiger charge is 2.01.